The third kappa shape index (κ3) is 3.91. The molecule has 1 aliphatic rings. The Kier molecular flexibility index (Phi) is 5.40. The molecule has 1 fully saturated rings. The summed E-state index contributed by atoms with van der Waals surface area (Å²) in [6, 6.07) is 22.4. The van der Waals surface area contributed by atoms with Crippen LogP contribution in [0.1, 0.15) is 44.9 Å². The van der Waals surface area contributed by atoms with Crippen LogP contribution in [0.4, 0.5) is 0 Å². The first kappa shape index (κ1) is 14.7. The second-order valence-corrected chi connectivity index (χ2v) is 8.22. The second-order valence-electron chi connectivity index (χ2n) is 5.93. The molecule has 1 aliphatic carbocycles. The monoisotopic (exact) mass is 297 g/mol. The van der Waals surface area contributed by atoms with Crippen molar-refractivity contribution in [2.75, 3.05) is 0 Å². The first-order valence-corrected chi connectivity index (χ1v) is 9.57. The molecule has 0 spiro atoms. The van der Waals surface area contributed by atoms with Gasteiger partial charge in [0.25, 0.3) is 0 Å². The normalized spacial score (nSPS) is 17.4. The van der Waals surface area contributed by atoms with Gasteiger partial charge in [0.15, 0.2) is 9.79 Å². The first-order chi connectivity index (χ1) is 10.4. The maximum absolute atomic E-state index is 2.33. The van der Waals surface area contributed by atoms with Crippen LogP contribution in [0, 0.1) is 0 Å². The molecule has 1 heteroatoms. The number of hydrogen-bond donors (Lipinski definition) is 0. The lowest BCUT2D eigenvalue weighted by Crippen LogP contribution is -2.23. The van der Waals surface area contributed by atoms with E-state index in [2.05, 4.69) is 60.7 Å². The van der Waals surface area contributed by atoms with Gasteiger partial charge in [0, 0.05) is 0 Å². The van der Waals surface area contributed by atoms with E-state index in [0.717, 1.165) is 5.25 Å². The molecule has 110 valence electrons. The Bertz CT molecular complexity index is 473. The van der Waals surface area contributed by atoms with Crippen LogP contribution >= 0.6 is 0 Å². The Morgan fingerprint density at radius 3 is 1.48 bits per heavy atom. The Morgan fingerprint density at radius 2 is 1.00 bits per heavy atom. The van der Waals surface area contributed by atoms with Gasteiger partial charge in [-0.25, -0.2) is 0 Å². The van der Waals surface area contributed by atoms with Crippen LogP contribution in [0.2, 0.25) is 0 Å². The number of benzene rings is 2. The topological polar surface area (TPSA) is 0 Å². The van der Waals surface area contributed by atoms with Crippen molar-refractivity contribution in [1.29, 1.82) is 0 Å². The molecule has 0 amide bonds. The Balaban J connectivity index is 1.91. The first-order valence-electron chi connectivity index (χ1n) is 8.28. The van der Waals surface area contributed by atoms with E-state index in [0.29, 0.717) is 0 Å². The maximum atomic E-state index is 2.33. The standard InChI is InChI=1S/C20H25S/c1-2-6-12-18(13-7-3-1)21(19-14-8-4-9-15-19)20-16-10-5-11-17-20/h4-5,8-11,14-18H,1-3,6-7,12-13H2/q+1. The lowest BCUT2D eigenvalue weighted by Gasteiger charge is -2.21. The molecular weight excluding hydrogens is 272 g/mol. The third-order valence-corrected chi connectivity index (χ3v) is 7.08. The zero-order valence-electron chi connectivity index (χ0n) is 12.7. The summed E-state index contributed by atoms with van der Waals surface area (Å²) in [5, 5.41) is 0.829. The highest BCUT2D eigenvalue weighted by molar-refractivity contribution is 7.97. The van der Waals surface area contributed by atoms with Gasteiger partial charge >= 0.3 is 0 Å². The highest BCUT2D eigenvalue weighted by Crippen LogP contribution is 2.34. The summed E-state index contributed by atoms with van der Waals surface area (Å²) in [6.45, 7) is 0. The summed E-state index contributed by atoms with van der Waals surface area (Å²) in [6.07, 6.45) is 9.91. The average Bonchev–Trinajstić information content (AvgIpc) is 2.52. The van der Waals surface area contributed by atoms with E-state index < -0.39 is 0 Å². The Hall–Kier alpha value is -1.21. The van der Waals surface area contributed by atoms with E-state index in [9.17, 15) is 0 Å². The van der Waals surface area contributed by atoms with E-state index in [4.69, 9.17) is 0 Å². The van der Waals surface area contributed by atoms with Gasteiger partial charge in [-0.3, -0.25) is 0 Å². The van der Waals surface area contributed by atoms with Gasteiger partial charge in [-0.05, 0) is 49.9 Å². The predicted molar refractivity (Wildman–Crippen MR) is 92.9 cm³/mol. The van der Waals surface area contributed by atoms with Crippen LogP contribution in [0.25, 0.3) is 0 Å². The van der Waals surface area contributed by atoms with Gasteiger partial charge in [0.2, 0.25) is 0 Å². The minimum absolute atomic E-state index is 0.243. The zero-order valence-corrected chi connectivity index (χ0v) is 13.5. The Labute approximate surface area is 131 Å². The van der Waals surface area contributed by atoms with Crippen LogP contribution < -0.4 is 0 Å². The summed E-state index contributed by atoms with van der Waals surface area (Å²) in [5.41, 5.74) is 0. The van der Waals surface area contributed by atoms with Crippen LogP contribution in [-0.2, 0) is 10.9 Å². The zero-order chi connectivity index (χ0) is 14.3. The van der Waals surface area contributed by atoms with Crippen molar-refractivity contribution in [2.45, 2.75) is 60.0 Å². The van der Waals surface area contributed by atoms with Crippen LogP contribution in [-0.4, -0.2) is 5.25 Å². The molecular formula is C20H25S+. The van der Waals surface area contributed by atoms with E-state index in [1.165, 1.54) is 54.7 Å². The fourth-order valence-corrected chi connectivity index (χ4v) is 6.06. The van der Waals surface area contributed by atoms with E-state index in [1.807, 2.05) is 0 Å². The summed E-state index contributed by atoms with van der Waals surface area (Å²) in [7, 11) is 0.243. The number of hydrogen-bond acceptors (Lipinski definition) is 0. The molecule has 21 heavy (non-hydrogen) atoms. The smallest absolute Gasteiger partial charge is 0.0619 e. The minimum Gasteiger partial charge on any atom is -0.0619 e. The minimum atomic E-state index is 0.243. The van der Waals surface area contributed by atoms with E-state index >= 15 is 0 Å². The largest absolute Gasteiger partial charge is 0.160 e. The fraction of sp³-hybridized carbons (Fsp3) is 0.400. The molecule has 3 rings (SSSR count). The maximum Gasteiger partial charge on any atom is 0.160 e. The average molecular weight is 297 g/mol. The summed E-state index contributed by atoms with van der Waals surface area (Å²) in [5.74, 6) is 0. The molecule has 0 aromatic heterocycles. The molecule has 0 unspecified atom stereocenters. The molecule has 0 atom stereocenters. The summed E-state index contributed by atoms with van der Waals surface area (Å²) < 4.78 is 0. The molecule has 0 nitrogen and oxygen atoms in total. The molecule has 0 heterocycles. The molecule has 0 saturated heterocycles. The molecule has 1 saturated carbocycles. The molecule has 2 aromatic carbocycles. The van der Waals surface area contributed by atoms with Crippen molar-refractivity contribution in [3.63, 3.8) is 0 Å². The second kappa shape index (κ2) is 7.70. The van der Waals surface area contributed by atoms with Crippen molar-refractivity contribution in [1.82, 2.24) is 0 Å². The quantitative estimate of drug-likeness (QED) is 0.625. The van der Waals surface area contributed by atoms with Crippen LogP contribution in [0.3, 0.4) is 0 Å². The van der Waals surface area contributed by atoms with Gasteiger partial charge in [0.1, 0.15) is 5.25 Å². The highest BCUT2D eigenvalue weighted by Gasteiger charge is 2.34. The van der Waals surface area contributed by atoms with E-state index in [1.54, 1.807) is 0 Å². The molecule has 0 bridgehead atoms. The van der Waals surface area contributed by atoms with Gasteiger partial charge in [-0.15, -0.1) is 0 Å². The lowest BCUT2D eigenvalue weighted by atomic mass is 10.0. The summed E-state index contributed by atoms with van der Waals surface area (Å²) in [4.78, 5) is 3.04. The fourth-order valence-electron chi connectivity index (χ4n) is 3.31. The van der Waals surface area contributed by atoms with Crippen molar-refractivity contribution in [3.8, 4) is 0 Å². The predicted octanol–water partition coefficient (Wildman–Crippen LogP) is 5.84. The molecule has 0 N–H and O–H groups in total. The van der Waals surface area contributed by atoms with Gasteiger partial charge in [-0.2, -0.15) is 0 Å². The highest BCUT2D eigenvalue weighted by atomic mass is 32.2. The number of rotatable bonds is 3. The van der Waals surface area contributed by atoms with Crippen molar-refractivity contribution >= 4 is 10.9 Å². The van der Waals surface area contributed by atoms with Gasteiger partial charge < -0.3 is 0 Å². The van der Waals surface area contributed by atoms with Gasteiger partial charge in [-0.1, -0.05) is 55.7 Å². The third-order valence-electron chi connectivity index (χ3n) is 4.38. The summed E-state index contributed by atoms with van der Waals surface area (Å²) >= 11 is 0. The molecule has 2 aromatic rings. The van der Waals surface area contributed by atoms with E-state index in [-0.39, 0.29) is 10.9 Å². The Morgan fingerprint density at radius 1 is 0.571 bits per heavy atom. The SMILES string of the molecule is c1ccc([S+](c2ccccc2)C2CCCCCCC2)cc1. The molecule has 0 radical (unpaired) electrons. The van der Waals surface area contributed by atoms with Crippen molar-refractivity contribution in [2.24, 2.45) is 0 Å². The lowest BCUT2D eigenvalue weighted by molar-refractivity contribution is 0.510. The van der Waals surface area contributed by atoms with Crippen LogP contribution in [0.15, 0.2) is 70.5 Å². The molecule has 0 aliphatic heterocycles. The van der Waals surface area contributed by atoms with Crippen LogP contribution in [0.5, 0.6) is 0 Å². The van der Waals surface area contributed by atoms with Crippen molar-refractivity contribution in [3.05, 3.63) is 60.7 Å². The van der Waals surface area contributed by atoms with Crippen molar-refractivity contribution < 1.29 is 0 Å². The van der Waals surface area contributed by atoms with Gasteiger partial charge in [0.05, 0.1) is 10.9 Å².